The molecule has 1 N–H and O–H groups in total. The van der Waals surface area contributed by atoms with Gasteiger partial charge in [0, 0.05) is 28.2 Å². The van der Waals surface area contributed by atoms with Crippen molar-refractivity contribution in [1.82, 2.24) is 9.78 Å². The quantitative estimate of drug-likeness (QED) is 0.656. The average Bonchev–Trinajstić information content (AvgIpc) is 3.08. The van der Waals surface area contributed by atoms with Crippen molar-refractivity contribution in [1.29, 1.82) is 0 Å². The lowest BCUT2D eigenvalue weighted by Crippen LogP contribution is -2.13. The summed E-state index contributed by atoms with van der Waals surface area (Å²) in [5, 5.41) is 7.65. The van der Waals surface area contributed by atoms with Crippen molar-refractivity contribution >= 4 is 23.4 Å². The van der Waals surface area contributed by atoms with Gasteiger partial charge in [-0.1, -0.05) is 38.1 Å². The molecule has 0 saturated heterocycles. The third kappa shape index (κ3) is 4.73. The summed E-state index contributed by atoms with van der Waals surface area (Å²) in [6.07, 6.45) is 3.68. The Hall–Kier alpha value is -2.53. The van der Waals surface area contributed by atoms with Gasteiger partial charge in [0.05, 0.1) is 12.1 Å². The molecule has 5 heteroatoms. The van der Waals surface area contributed by atoms with Gasteiger partial charge in [-0.25, -0.2) is 0 Å². The summed E-state index contributed by atoms with van der Waals surface area (Å²) in [4.78, 5) is 13.7. The maximum absolute atomic E-state index is 12.7. The van der Waals surface area contributed by atoms with Crippen LogP contribution in [0.3, 0.4) is 0 Å². The number of aromatic nitrogens is 2. The molecule has 128 valence electrons. The van der Waals surface area contributed by atoms with Crippen LogP contribution in [0, 0.1) is 0 Å². The lowest BCUT2D eigenvalue weighted by Gasteiger charge is -2.12. The van der Waals surface area contributed by atoms with Crippen LogP contribution in [0.25, 0.3) is 0 Å². The van der Waals surface area contributed by atoms with Crippen LogP contribution in [-0.2, 0) is 6.54 Å². The highest BCUT2D eigenvalue weighted by Crippen LogP contribution is 2.27. The summed E-state index contributed by atoms with van der Waals surface area (Å²) in [6, 6.07) is 17.5. The number of carbonyl (C=O) groups is 1. The first-order chi connectivity index (χ1) is 12.1. The van der Waals surface area contributed by atoms with Crippen molar-refractivity contribution in [2.24, 2.45) is 0 Å². The topological polar surface area (TPSA) is 46.9 Å². The third-order valence-electron chi connectivity index (χ3n) is 3.58. The van der Waals surface area contributed by atoms with Gasteiger partial charge in [-0.05, 0) is 35.9 Å². The Bertz CT molecular complexity index is 844. The molecule has 0 bridgehead atoms. The fraction of sp³-hybridized carbons (Fsp3) is 0.200. The SMILES string of the molecule is CC(C)Sc1ccccc1C(=O)Nc1cccc(Cn2cccn2)c1. The van der Waals surface area contributed by atoms with Crippen LogP contribution in [0.5, 0.6) is 0 Å². The Kier molecular flexibility index (Phi) is 5.56. The molecule has 25 heavy (non-hydrogen) atoms. The zero-order chi connectivity index (χ0) is 17.6. The number of benzene rings is 2. The van der Waals surface area contributed by atoms with Crippen LogP contribution in [0.4, 0.5) is 5.69 Å². The molecule has 0 spiro atoms. The van der Waals surface area contributed by atoms with Gasteiger partial charge in [-0.2, -0.15) is 5.10 Å². The Labute approximate surface area is 152 Å². The van der Waals surface area contributed by atoms with Gasteiger partial charge >= 0.3 is 0 Å². The van der Waals surface area contributed by atoms with Crippen molar-refractivity contribution in [3.05, 3.63) is 78.1 Å². The average molecular weight is 351 g/mol. The molecule has 1 aromatic heterocycles. The van der Waals surface area contributed by atoms with E-state index in [0.717, 1.165) is 16.1 Å². The molecule has 3 rings (SSSR count). The van der Waals surface area contributed by atoms with E-state index in [0.29, 0.717) is 17.4 Å². The molecule has 0 saturated carbocycles. The zero-order valence-electron chi connectivity index (χ0n) is 14.3. The number of nitrogens with one attached hydrogen (secondary N) is 1. The number of rotatable bonds is 6. The number of amides is 1. The standard InChI is InChI=1S/C20H21N3OS/c1-15(2)25-19-10-4-3-9-18(19)20(24)22-17-8-5-7-16(13-17)14-23-12-6-11-21-23/h3-13,15H,14H2,1-2H3,(H,22,24). The molecule has 1 amide bonds. The summed E-state index contributed by atoms with van der Waals surface area (Å²) in [5.74, 6) is -0.0833. The fourth-order valence-electron chi connectivity index (χ4n) is 2.54. The smallest absolute Gasteiger partial charge is 0.256 e. The molecule has 0 aliphatic heterocycles. The van der Waals surface area contributed by atoms with Crippen LogP contribution >= 0.6 is 11.8 Å². The molecule has 3 aromatic rings. The third-order valence-corrected chi connectivity index (χ3v) is 4.66. The molecule has 0 radical (unpaired) electrons. The summed E-state index contributed by atoms with van der Waals surface area (Å²) >= 11 is 1.70. The van der Waals surface area contributed by atoms with Crippen LogP contribution in [0.15, 0.2) is 71.9 Å². The summed E-state index contributed by atoms with van der Waals surface area (Å²) in [5.41, 5.74) is 2.59. The normalized spacial score (nSPS) is 10.8. The minimum absolute atomic E-state index is 0.0833. The Morgan fingerprint density at radius 1 is 1.16 bits per heavy atom. The first-order valence-electron chi connectivity index (χ1n) is 8.25. The van der Waals surface area contributed by atoms with Crippen molar-refractivity contribution in [3.63, 3.8) is 0 Å². The summed E-state index contributed by atoms with van der Waals surface area (Å²) < 4.78 is 1.86. The largest absolute Gasteiger partial charge is 0.322 e. The number of hydrogen-bond acceptors (Lipinski definition) is 3. The molecule has 1 heterocycles. The molecule has 0 unspecified atom stereocenters. The number of anilines is 1. The second-order valence-electron chi connectivity index (χ2n) is 6.02. The van der Waals surface area contributed by atoms with Crippen molar-refractivity contribution in [2.75, 3.05) is 5.32 Å². The van der Waals surface area contributed by atoms with Crippen molar-refractivity contribution in [2.45, 2.75) is 30.5 Å². The van der Waals surface area contributed by atoms with E-state index in [2.05, 4.69) is 24.3 Å². The highest BCUT2D eigenvalue weighted by Gasteiger charge is 2.13. The highest BCUT2D eigenvalue weighted by atomic mass is 32.2. The molecule has 0 atom stereocenters. The van der Waals surface area contributed by atoms with E-state index >= 15 is 0 Å². The molecule has 2 aromatic carbocycles. The first kappa shape index (κ1) is 17.3. The van der Waals surface area contributed by atoms with E-state index in [4.69, 9.17) is 0 Å². The minimum atomic E-state index is -0.0833. The number of nitrogens with zero attached hydrogens (tertiary/aromatic N) is 2. The van der Waals surface area contributed by atoms with Gasteiger partial charge in [0.2, 0.25) is 0 Å². The molecule has 4 nitrogen and oxygen atoms in total. The van der Waals surface area contributed by atoms with Gasteiger partial charge in [0.25, 0.3) is 5.91 Å². The molecular weight excluding hydrogens is 330 g/mol. The Morgan fingerprint density at radius 3 is 2.76 bits per heavy atom. The predicted octanol–water partition coefficient (Wildman–Crippen LogP) is 4.68. The van der Waals surface area contributed by atoms with E-state index in [1.165, 1.54) is 0 Å². The highest BCUT2D eigenvalue weighted by molar-refractivity contribution is 8.00. The Morgan fingerprint density at radius 2 is 2.00 bits per heavy atom. The summed E-state index contributed by atoms with van der Waals surface area (Å²) in [6.45, 7) is 4.92. The zero-order valence-corrected chi connectivity index (χ0v) is 15.2. The van der Waals surface area contributed by atoms with Gasteiger partial charge in [-0.15, -0.1) is 11.8 Å². The predicted molar refractivity (Wildman–Crippen MR) is 103 cm³/mol. The second kappa shape index (κ2) is 8.03. The lowest BCUT2D eigenvalue weighted by atomic mass is 10.1. The first-order valence-corrected chi connectivity index (χ1v) is 9.13. The van der Waals surface area contributed by atoms with Gasteiger partial charge in [-0.3, -0.25) is 9.48 Å². The van der Waals surface area contributed by atoms with E-state index in [-0.39, 0.29) is 5.91 Å². The van der Waals surface area contributed by atoms with Crippen molar-refractivity contribution < 1.29 is 4.79 Å². The molecule has 0 aliphatic rings. The van der Waals surface area contributed by atoms with Gasteiger partial charge in [0.15, 0.2) is 0 Å². The number of hydrogen-bond donors (Lipinski definition) is 1. The monoisotopic (exact) mass is 351 g/mol. The van der Waals surface area contributed by atoms with E-state index in [1.807, 2.05) is 65.5 Å². The van der Waals surface area contributed by atoms with E-state index in [1.54, 1.807) is 18.0 Å². The van der Waals surface area contributed by atoms with Crippen LogP contribution in [0.1, 0.15) is 29.8 Å². The van der Waals surface area contributed by atoms with E-state index in [9.17, 15) is 4.79 Å². The summed E-state index contributed by atoms with van der Waals surface area (Å²) in [7, 11) is 0. The maximum atomic E-state index is 12.7. The minimum Gasteiger partial charge on any atom is -0.322 e. The van der Waals surface area contributed by atoms with Crippen LogP contribution in [-0.4, -0.2) is 20.9 Å². The van der Waals surface area contributed by atoms with Crippen LogP contribution in [0.2, 0.25) is 0 Å². The van der Waals surface area contributed by atoms with E-state index < -0.39 is 0 Å². The van der Waals surface area contributed by atoms with Gasteiger partial charge < -0.3 is 5.32 Å². The number of thioether (sulfide) groups is 1. The van der Waals surface area contributed by atoms with Crippen molar-refractivity contribution in [3.8, 4) is 0 Å². The lowest BCUT2D eigenvalue weighted by molar-refractivity contribution is 0.102. The Balaban J connectivity index is 1.75. The molecule has 0 fully saturated rings. The fourth-order valence-corrected chi connectivity index (χ4v) is 3.49. The molecular formula is C20H21N3OS. The van der Waals surface area contributed by atoms with Gasteiger partial charge in [0.1, 0.15) is 0 Å². The second-order valence-corrected chi connectivity index (χ2v) is 7.64. The van der Waals surface area contributed by atoms with Crippen LogP contribution < -0.4 is 5.32 Å². The number of carbonyl (C=O) groups excluding carboxylic acids is 1. The maximum Gasteiger partial charge on any atom is 0.256 e. The molecule has 0 aliphatic carbocycles.